The van der Waals surface area contributed by atoms with Crippen LogP contribution in [0.2, 0.25) is 5.02 Å². The Morgan fingerprint density at radius 3 is 2.56 bits per heavy atom. The molecule has 88 valence electrons. The average Bonchev–Trinajstić information content (AvgIpc) is 2.30. The van der Waals surface area contributed by atoms with E-state index in [1.807, 2.05) is 24.3 Å². The third-order valence-electron chi connectivity index (χ3n) is 2.67. The van der Waals surface area contributed by atoms with Gasteiger partial charge >= 0.3 is 0 Å². The molecule has 16 heavy (non-hydrogen) atoms. The third-order valence-corrected chi connectivity index (χ3v) is 2.92. The van der Waals surface area contributed by atoms with Crippen molar-refractivity contribution in [2.45, 2.75) is 32.2 Å². The van der Waals surface area contributed by atoms with Gasteiger partial charge in [-0.15, -0.1) is 0 Å². The van der Waals surface area contributed by atoms with Gasteiger partial charge < -0.3 is 0 Å². The standard InChI is InChI=1S/C13H19ClN2/c1-3-10(2)8-13(16-15)9-11-4-6-12(14)7-5-11/h4-7,13,16H,2-3,8-9,15H2,1H3. The molecule has 0 saturated heterocycles. The molecule has 0 heterocycles. The smallest absolute Gasteiger partial charge is 0.0406 e. The first-order chi connectivity index (χ1) is 7.65. The number of benzene rings is 1. The number of hydrogen-bond donors (Lipinski definition) is 2. The second-order valence-electron chi connectivity index (χ2n) is 4.00. The first kappa shape index (κ1) is 13.2. The molecule has 0 aliphatic carbocycles. The van der Waals surface area contributed by atoms with Crippen molar-refractivity contribution in [3.63, 3.8) is 0 Å². The molecule has 3 heteroatoms. The fraction of sp³-hybridized carbons (Fsp3) is 0.385. The minimum Gasteiger partial charge on any atom is -0.271 e. The van der Waals surface area contributed by atoms with Crippen LogP contribution in [0, 0.1) is 0 Å². The van der Waals surface area contributed by atoms with Gasteiger partial charge in [0, 0.05) is 11.1 Å². The lowest BCUT2D eigenvalue weighted by molar-refractivity contribution is 0.516. The molecule has 0 spiro atoms. The number of hydrogen-bond acceptors (Lipinski definition) is 2. The Hall–Kier alpha value is -0.830. The SMILES string of the molecule is C=C(CC)CC(Cc1ccc(Cl)cc1)NN. The molecule has 0 radical (unpaired) electrons. The van der Waals surface area contributed by atoms with Gasteiger partial charge in [0.2, 0.25) is 0 Å². The number of halogens is 1. The number of nitrogens with two attached hydrogens (primary N) is 1. The third kappa shape index (κ3) is 4.35. The van der Waals surface area contributed by atoms with E-state index in [1.54, 1.807) is 0 Å². The highest BCUT2D eigenvalue weighted by Gasteiger charge is 2.08. The summed E-state index contributed by atoms with van der Waals surface area (Å²) in [6.45, 7) is 6.11. The van der Waals surface area contributed by atoms with Crippen molar-refractivity contribution in [2.24, 2.45) is 5.84 Å². The highest BCUT2D eigenvalue weighted by Crippen LogP contribution is 2.14. The van der Waals surface area contributed by atoms with E-state index in [2.05, 4.69) is 18.9 Å². The Labute approximate surface area is 102 Å². The van der Waals surface area contributed by atoms with Gasteiger partial charge in [-0.05, 0) is 37.0 Å². The summed E-state index contributed by atoms with van der Waals surface area (Å²) in [6.07, 6.45) is 2.81. The Morgan fingerprint density at radius 1 is 1.44 bits per heavy atom. The summed E-state index contributed by atoms with van der Waals surface area (Å²) in [5.74, 6) is 5.54. The first-order valence-electron chi connectivity index (χ1n) is 5.53. The molecule has 1 aromatic rings. The molecular formula is C13H19ClN2. The summed E-state index contributed by atoms with van der Waals surface area (Å²) < 4.78 is 0. The van der Waals surface area contributed by atoms with Crippen LogP contribution in [0.3, 0.4) is 0 Å². The largest absolute Gasteiger partial charge is 0.271 e. The maximum Gasteiger partial charge on any atom is 0.0406 e. The van der Waals surface area contributed by atoms with Crippen LogP contribution in [-0.4, -0.2) is 6.04 Å². The number of nitrogens with one attached hydrogen (secondary N) is 1. The molecule has 1 aromatic carbocycles. The lowest BCUT2D eigenvalue weighted by atomic mass is 9.99. The van der Waals surface area contributed by atoms with Crippen LogP contribution in [0.4, 0.5) is 0 Å². The molecule has 0 aromatic heterocycles. The summed E-state index contributed by atoms with van der Waals surface area (Å²) in [7, 11) is 0. The van der Waals surface area contributed by atoms with Gasteiger partial charge in [-0.2, -0.15) is 0 Å². The zero-order valence-electron chi connectivity index (χ0n) is 9.67. The Balaban J connectivity index is 2.56. The van der Waals surface area contributed by atoms with Crippen molar-refractivity contribution in [1.29, 1.82) is 0 Å². The summed E-state index contributed by atoms with van der Waals surface area (Å²) in [5.41, 5.74) is 5.29. The maximum absolute atomic E-state index is 5.83. The maximum atomic E-state index is 5.83. The van der Waals surface area contributed by atoms with Gasteiger partial charge in [0.1, 0.15) is 0 Å². The zero-order chi connectivity index (χ0) is 12.0. The fourth-order valence-corrected chi connectivity index (χ4v) is 1.71. The molecule has 3 N–H and O–H groups in total. The second kappa shape index (κ2) is 6.69. The van der Waals surface area contributed by atoms with Crippen LogP contribution in [0.1, 0.15) is 25.3 Å². The minimum absolute atomic E-state index is 0.244. The van der Waals surface area contributed by atoms with E-state index in [0.717, 1.165) is 24.3 Å². The van der Waals surface area contributed by atoms with E-state index in [-0.39, 0.29) is 6.04 Å². The van der Waals surface area contributed by atoms with E-state index < -0.39 is 0 Å². The van der Waals surface area contributed by atoms with Crippen LogP contribution in [0.25, 0.3) is 0 Å². The second-order valence-corrected chi connectivity index (χ2v) is 4.44. The van der Waals surface area contributed by atoms with Crippen LogP contribution < -0.4 is 11.3 Å². The van der Waals surface area contributed by atoms with Gasteiger partial charge in [-0.1, -0.05) is 42.8 Å². The van der Waals surface area contributed by atoms with Crippen LogP contribution >= 0.6 is 11.6 Å². The van der Waals surface area contributed by atoms with E-state index in [4.69, 9.17) is 17.4 Å². The van der Waals surface area contributed by atoms with Gasteiger partial charge in [0.25, 0.3) is 0 Å². The Morgan fingerprint density at radius 2 is 2.06 bits per heavy atom. The van der Waals surface area contributed by atoms with Crippen LogP contribution in [-0.2, 0) is 6.42 Å². The van der Waals surface area contributed by atoms with Crippen molar-refractivity contribution in [3.8, 4) is 0 Å². The number of hydrazine groups is 1. The summed E-state index contributed by atoms with van der Waals surface area (Å²) in [5, 5.41) is 0.763. The van der Waals surface area contributed by atoms with Gasteiger partial charge in [-0.25, -0.2) is 0 Å². The molecule has 1 atom stereocenters. The first-order valence-corrected chi connectivity index (χ1v) is 5.90. The van der Waals surface area contributed by atoms with Crippen molar-refractivity contribution >= 4 is 11.6 Å². The highest BCUT2D eigenvalue weighted by molar-refractivity contribution is 6.30. The van der Waals surface area contributed by atoms with Crippen LogP contribution in [0.15, 0.2) is 36.4 Å². The van der Waals surface area contributed by atoms with Crippen LogP contribution in [0.5, 0.6) is 0 Å². The van der Waals surface area contributed by atoms with E-state index >= 15 is 0 Å². The fourth-order valence-electron chi connectivity index (χ4n) is 1.59. The predicted molar refractivity (Wildman–Crippen MR) is 70.3 cm³/mol. The lowest BCUT2D eigenvalue weighted by Gasteiger charge is -2.16. The summed E-state index contributed by atoms with van der Waals surface area (Å²) >= 11 is 5.83. The Bertz CT molecular complexity index is 332. The normalized spacial score (nSPS) is 12.4. The zero-order valence-corrected chi connectivity index (χ0v) is 10.4. The molecule has 0 bridgehead atoms. The lowest BCUT2D eigenvalue weighted by Crippen LogP contribution is -2.37. The van der Waals surface area contributed by atoms with Gasteiger partial charge in [0.05, 0.1) is 0 Å². The molecule has 0 saturated carbocycles. The highest BCUT2D eigenvalue weighted by atomic mass is 35.5. The Kier molecular flexibility index (Phi) is 5.53. The summed E-state index contributed by atoms with van der Waals surface area (Å²) in [4.78, 5) is 0. The quantitative estimate of drug-likeness (QED) is 0.454. The topological polar surface area (TPSA) is 38.0 Å². The average molecular weight is 239 g/mol. The van der Waals surface area contributed by atoms with Gasteiger partial charge in [-0.3, -0.25) is 11.3 Å². The van der Waals surface area contributed by atoms with E-state index in [9.17, 15) is 0 Å². The minimum atomic E-state index is 0.244. The molecule has 0 aliphatic heterocycles. The van der Waals surface area contributed by atoms with E-state index in [0.29, 0.717) is 0 Å². The molecule has 2 nitrogen and oxygen atoms in total. The number of rotatable bonds is 6. The summed E-state index contributed by atoms with van der Waals surface area (Å²) in [6, 6.07) is 8.11. The monoisotopic (exact) mass is 238 g/mol. The van der Waals surface area contributed by atoms with E-state index in [1.165, 1.54) is 11.1 Å². The van der Waals surface area contributed by atoms with Crippen molar-refractivity contribution in [2.75, 3.05) is 0 Å². The molecule has 0 amide bonds. The van der Waals surface area contributed by atoms with Crippen molar-refractivity contribution < 1.29 is 0 Å². The predicted octanol–water partition coefficient (Wildman–Crippen LogP) is 3.07. The molecule has 1 rings (SSSR count). The van der Waals surface area contributed by atoms with Crippen molar-refractivity contribution in [3.05, 3.63) is 47.0 Å². The molecule has 1 unspecified atom stereocenters. The molecular weight excluding hydrogens is 220 g/mol. The van der Waals surface area contributed by atoms with Crippen molar-refractivity contribution in [1.82, 2.24) is 5.43 Å². The molecule has 0 aliphatic rings. The van der Waals surface area contributed by atoms with Gasteiger partial charge in [0.15, 0.2) is 0 Å². The molecule has 0 fully saturated rings.